The van der Waals surface area contributed by atoms with Crippen molar-refractivity contribution >= 4 is 11.8 Å². The highest BCUT2D eigenvalue weighted by Gasteiger charge is 2.44. The average molecular weight is 292 g/mol. The number of fused-ring (bicyclic) bond motifs is 3. The van der Waals surface area contributed by atoms with Crippen molar-refractivity contribution in [1.82, 2.24) is 0 Å². The van der Waals surface area contributed by atoms with Gasteiger partial charge in [-0.15, -0.1) is 0 Å². The van der Waals surface area contributed by atoms with Crippen LogP contribution < -0.4 is 9.47 Å². The Hall–Kier alpha value is -0.870. The second-order valence-electron chi connectivity index (χ2n) is 6.11. The smallest absolute Gasteiger partial charge is 0.161 e. The van der Waals surface area contributed by atoms with Crippen LogP contribution in [0.15, 0.2) is 18.2 Å². The SMILES string of the molecule is OC1(c2ccc3c(c2)OCCCO3)CC2CCC(C1)S2. The highest BCUT2D eigenvalue weighted by atomic mass is 32.2. The zero-order valence-corrected chi connectivity index (χ0v) is 12.3. The van der Waals surface area contributed by atoms with Crippen LogP contribution >= 0.6 is 11.8 Å². The molecule has 1 aromatic rings. The van der Waals surface area contributed by atoms with E-state index in [2.05, 4.69) is 11.8 Å². The van der Waals surface area contributed by atoms with Gasteiger partial charge < -0.3 is 14.6 Å². The molecule has 1 N–H and O–H groups in total. The van der Waals surface area contributed by atoms with Crippen LogP contribution in [0.5, 0.6) is 11.5 Å². The van der Waals surface area contributed by atoms with Gasteiger partial charge in [0.2, 0.25) is 0 Å². The fourth-order valence-electron chi connectivity index (χ4n) is 3.61. The van der Waals surface area contributed by atoms with E-state index >= 15 is 0 Å². The lowest BCUT2D eigenvalue weighted by atomic mass is 9.85. The Morgan fingerprint density at radius 2 is 1.75 bits per heavy atom. The molecule has 2 saturated heterocycles. The summed E-state index contributed by atoms with van der Waals surface area (Å²) in [6.07, 6.45) is 5.15. The summed E-state index contributed by atoms with van der Waals surface area (Å²) < 4.78 is 11.4. The maximum Gasteiger partial charge on any atom is 0.161 e. The second kappa shape index (κ2) is 4.85. The molecule has 0 spiro atoms. The number of hydrogen-bond donors (Lipinski definition) is 1. The van der Waals surface area contributed by atoms with Crippen molar-refractivity contribution in [1.29, 1.82) is 0 Å². The normalized spacial score (nSPS) is 35.6. The summed E-state index contributed by atoms with van der Waals surface area (Å²) >= 11 is 2.07. The Kier molecular flexibility index (Phi) is 3.11. The molecule has 0 amide bonds. The first kappa shape index (κ1) is 12.8. The fraction of sp³-hybridized carbons (Fsp3) is 0.625. The first-order valence-electron chi connectivity index (χ1n) is 7.51. The van der Waals surface area contributed by atoms with Gasteiger partial charge in [0.1, 0.15) is 0 Å². The standard InChI is InChI=1S/C16H20O3S/c17-16(9-12-3-4-13(10-16)20-12)11-2-5-14-15(8-11)19-7-1-6-18-14/h2,5,8,12-13,17H,1,3-4,6-7,9-10H2. The number of rotatable bonds is 1. The average Bonchev–Trinajstić information content (AvgIpc) is 2.66. The number of aliphatic hydroxyl groups is 1. The zero-order chi connectivity index (χ0) is 13.6. The highest BCUT2D eigenvalue weighted by molar-refractivity contribution is 8.00. The van der Waals surface area contributed by atoms with Crippen molar-refractivity contribution in [3.8, 4) is 11.5 Å². The van der Waals surface area contributed by atoms with Crippen LogP contribution in [0.4, 0.5) is 0 Å². The molecule has 0 radical (unpaired) electrons. The lowest BCUT2D eigenvalue weighted by Crippen LogP contribution is -2.34. The Morgan fingerprint density at radius 3 is 2.50 bits per heavy atom. The molecule has 3 aliphatic heterocycles. The van der Waals surface area contributed by atoms with Gasteiger partial charge in [0.25, 0.3) is 0 Å². The van der Waals surface area contributed by atoms with E-state index < -0.39 is 5.60 Å². The molecular weight excluding hydrogens is 272 g/mol. The molecule has 3 heterocycles. The molecule has 20 heavy (non-hydrogen) atoms. The molecule has 3 aliphatic rings. The van der Waals surface area contributed by atoms with Gasteiger partial charge >= 0.3 is 0 Å². The van der Waals surface area contributed by atoms with E-state index in [9.17, 15) is 5.11 Å². The van der Waals surface area contributed by atoms with E-state index in [1.807, 2.05) is 18.2 Å². The molecule has 2 fully saturated rings. The van der Waals surface area contributed by atoms with Gasteiger partial charge in [0.15, 0.2) is 11.5 Å². The molecule has 108 valence electrons. The van der Waals surface area contributed by atoms with E-state index in [1.165, 1.54) is 12.8 Å². The summed E-state index contributed by atoms with van der Waals surface area (Å²) in [4.78, 5) is 0. The third-order valence-electron chi connectivity index (χ3n) is 4.61. The van der Waals surface area contributed by atoms with Crippen molar-refractivity contribution in [2.45, 2.75) is 48.2 Å². The Balaban J connectivity index is 1.66. The zero-order valence-electron chi connectivity index (χ0n) is 11.5. The minimum absolute atomic E-state index is 0.620. The maximum atomic E-state index is 11.1. The summed E-state index contributed by atoms with van der Waals surface area (Å²) in [5.74, 6) is 1.60. The summed E-state index contributed by atoms with van der Waals surface area (Å²) in [7, 11) is 0. The van der Waals surface area contributed by atoms with Gasteiger partial charge in [-0.3, -0.25) is 0 Å². The van der Waals surface area contributed by atoms with Crippen LogP contribution in [0, 0.1) is 0 Å². The Labute approximate surface area is 123 Å². The highest BCUT2D eigenvalue weighted by Crippen LogP contribution is 2.51. The summed E-state index contributed by atoms with van der Waals surface area (Å²) in [5, 5.41) is 12.3. The second-order valence-corrected chi connectivity index (χ2v) is 7.71. The van der Waals surface area contributed by atoms with Crippen molar-refractivity contribution in [3.05, 3.63) is 23.8 Å². The van der Waals surface area contributed by atoms with E-state index in [1.54, 1.807) is 0 Å². The molecule has 3 nitrogen and oxygen atoms in total. The lowest BCUT2D eigenvalue weighted by Gasteiger charge is -2.36. The van der Waals surface area contributed by atoms with Gasteiger partial charge in [-0.2, -0.15) is 11.8 Å². The predicted octanol–water partition coefficient (Wildman–Crippen LogP) is 3.09. The fourth-order valence-corrected chi connectivity index (χ4v) is 5.44. The van der Waals surface area contributed by atoms with E-state index in [0.29, 0.717) is 23.7 Å². The number of thioether (sulfide) groups is 1. The van der Waals surface area contributed by atoms with E-state index in [0.717, 1.165) is 36.3 Å². The quantitative estimate of drug-likeness (QED) is 0.863. The monoisotopic (exact) mass is 292 g/mol. The van der Waals surface area contributed by atoms with Crippen molar-refractivity contribution in [2.24, 2.45) is 0 Å². The van der Waals surface area contributed by atoms with Crippen LogP contribution in [0.1, 0.15) is 37.7 Å². The largest absolute Gasteiger partial charge is 0.490 e. The van der Waals surface area contributed by atoms with Crippen LogP contribution in [-0.4, -0.2) is 28.8 Å². The Morgan fingerprint density at radius 1 is 1.05 bits per heavy atom. The summed E-state index contributed by atoms with van der Waals surface area (Å²) in [5.41, 5.74) is 0.320. The molecule has 2 unspecified atom stereocenters. The molecule has 0 aliphatic carbocycles. The van der Waals surface area contributed by atoms with Crippen LogP contribution in [0.3, 0.4) is 0 Å². The third kappa shape index (κ3) is 2.19. The van der Waals surface area contributed by atoms with E-state index in [4.69, 9.17) is 9.47 Å². The predicted molar refractivity (Wildman–Crippen MR) is 79.6 cm³/mol. The lowest BCUT2D eigenvalue weighted by molar-refractivity contribution is 0.0194. The van der Waals surface area contributed by atoms with Crippen LogP contribution in [0.2, 0.25) is 0 Å². The van der Waals surface area contributed by atoms with Gasteiger partial charge in [-0.1, -0.05) is 6.07 Å². The number of ether oxygens (including phenoxy) is 2. The van der Waals surface area contributed by atoms with Gasteiger partial charge in [-0.25, -0.2) is 0 Å². The molecule has 4 rings (SSSR count). The maximum absolute atomic E-state index is 11.1. The van der Waals surface area contributed by atoms with Crippen molar-refractivity contribution < 1.29 is 14.6 Å². The first-order chi connectivity index (χ1) is 9.73. The molecule has 1 aromatic carbocycles. The molecule has 4 heteroatoms. The molecule has 0 aromatic heterocycles. The molecule has 2 atom stereocenters. The Bertz CT molecular complexity index is 504. The topological polar surface area (TPSA) is 38.7 Å². The van der Waals surface area contributed by atoms with Crippen LogP contribution in [0.25, 0.3) is 0 Å². The van der Waals surface area contributed by atoms with Crippen molar-refractivity contribution in [3.63, 3.8) is 0 Å². The van der Waals surface area contributed by atoms with Gasteiger partial charge in [-0.05, 0) is 43.4 Å². The molecule has 0 saturated carbocycles. The summed E-state index contributed by atoms with van der Waals surface area (Å²) in [6, 6.07) is 5.97. The van der Waals surface area contributed by atoms with Gasteiger partial charge in [0.05, 0.1) is 18.8 Å². The third-order valence-corrected chi connectivity index (χ3v) is 6.19. The summed E-state index contributed by atoms with van der Waals surface area (Å²) in [6.45, 7) is 1.40. The van der Waals surface area contributed by atoms with E-state index in [-0.39, 0.29) is 0 Å². The molecular formula is C16H20O3S. The molecule has 2 bridgehead atoms. The van der Waals surface area contributed by atoms with Crippen LogP contribution in [-0.2, 0) is 5.60 Å². The number of hydrogen-bond acceptors (Lipinski definition) is 4. The number of benzene rings is 1. The van der Waals surface area contributed by atoms with Gasteiger partial charge in [0, 0.05) is 16.9 Å². The first-order valence-corrected chi connectivity index (χ1v) is 8.45. The van der Waals surface area contributed by atoms with Crippen molar-refractivity contribution in [2.75, 3.05) is 13.2 Å². The minimum atomic E-state index is -0.679. The minimum Gasteiger partial charge on any atom is -0.490 e.